The Balaban J connectivity index is 2.70. The third-order valence-electron chi connectivity index (χ3n) is 1.85. The highest BCUT2D eigenvalue weighted by atomic mass is 35.5. The van der Waals surface area contributed by atoms with Crippen molar-refractivity contribution in [1.82, 2.24) is 5.48 Å². The summed E-state index contributed by atoms with van der Waals surface area (Å²) in [4.78, 5) is 15.8. The van der Waals surface area contributed by atoms with Gasteiger partial charge in [0.05, 0.1) is 6.61 Å². The third kappa shape index (κ3) is 3.51. The fourth-order valence-electron chi connectivity index (χ4n) is 1.07. The van der Waals surface area contributed by atoms with E-state index in [4.69, 9.17) is 22.2 Å². The summed E-state index contributed by atoms with van der Waals surface area (Å²) in [5.74, 6) is -0.485. The highest BCUT2D eigenvalue weighted by molar-refractivity contribution is 6.31. The molecule has 3 N–H and O–H groups in total. The number of carbonyl (C=O) groups excluding carboxylic acids is 1. The van der Waals surface area contributed by atoms with E-state index in [-0.39, 0.29) is 0 Å². The van der Waals surface area contributed by atoms with E-state index in [0.717, 1.165) is 5.56 Å². The standard InChI is InChI=1S/C10H13ClN2O2/c1-2-15-13-6-8-4-3-7(10(12)14)5-9(8)11/h3-5,13H,2,6H2,1H3,(H2,12,14). The summed E-state index contributed by atoms with van der Waals surface area (Å²) in [5, 5.41) is 0.499. The summed E-state index contributed by atoms with van der Waals surface area (Å²) in [6.07, 6.45) is 0. The molecule has 0 radical (unpaired) electrons. The lowest BCUT2D eigenvalue weighted by Crippen LogP contribution is -2.15. The van der Waals surface area contributed by atoms with Crippen LogP contribution in [0.2, 0.25) is 5.02 Å². The van der Waals surface area contributed by atoms with Crippen LogP contribution in [0.3, 0.4) is 0 Å². The van der Waals surface area contributed by atoms with Crippen LogP contribution >= 0.6 is 11.6 Å². The monoisotopic (exact) mass is 228 g/mol. The van der Waals surface area contributed by atoms with Gasteiger partial charge in [-0.05, 0) is 24.6 Å². The fraction of sp³-hybridized carbons (Fsp3) is 0.300. The van der Waals surface area contributed by atoms with Gasteiger partial charge < -0.3 is 10.6 Å². The molecule has 82 valence electrons. The quantitative estimate of drug-likeness (QED) is 0.593. The topological polar surface area (TPSA) is 64.3 Å². The first kappa shape index (κ1) is 12.0. The molecule has 0 fully saturated rings. The lowest BCUT2D eigenvalue weighted by molar-refractivity contribution is 0.0463. The van der Waals surface area contributed by atoms with Gasteiger partial charge in [0.1, 0.15) is 0 Å². The van der Waals surface area contributed by atoms with Crippen LogP contribution in [0.4, 0.5) is 0 Å². The van der Waals surface area contributed by atoms with E-state index in [1.54, 1.807) is 18.2 Å². The van der Waals surface area contributed by atoms with Crippen LogP contribution in [0, 0.1) is 0 Å². The average molecular weight is 229 g/mol. The van der Waals surface area contributed by atoms with Crippen molar-refractivity contribution in [3.63, 3.8) is 0 Å². The Bertz CT molecular complexity index is 355. The van der Waals surface area contributed by atoms with E-state index in [9.17, 15) is 4.79 Å². The molecule has 0 aliphatic rings. The zero-order valence-electron chi connectivity index (χ0n) is 8.42. The maximum absolute atomic E-state index is 10.8. The second-order valence-electron chi connectivity index (χ2n) is 2.92. The molecule has 0 aromatic heterocycles. The third-order valence-corrected chi connectivity index (χ3v) is 2.20. The van der Waals surface area contributed by atoms with Gasteiger partial charge >= 0.3 is 0 Å². The summed E-state index contributed by atoms with van der Waals surface area (Å²) in [6, 6.07) is 4.93. The summed E-state index contributed by atoms with van der Waals surface area (Å²) >= 11 is 5.95. The maximum Gasteiger partial charge on any atom is 0.248 e. The maximum atomic E-state index is 10.8. The molecule has 0 saturated heterocycles. The van der Waals surface area contributed by atoms with Crippen molar-refractivity contribution < 1.29 is 9.63 Å². The van der Waals surface area contributed by atoms with Gasteiger partial charge in [0.15, 0.2) is 0 Å². The Kier molecular flexibility index (Phi) is 4.55. The number of nitrogens with two attached hydrogens (primary N) is 1. The van der Waals surface area contributed by atoms with Gasteiger partial charge in [-0.15, -0.1) is 0 Å². The SMILES string of the molecule is CCONCc1ccc(C(N)=O)cc1Cl. The Morgan fingerprint density at radius 2 is 2.33 bits per heavy atom. The molecular weight excluding hydrogens is 216 g/mol. The van der Waals surface area contributed by atoms with Crippen LogP contribution in [0.5, 0.6) is 0 Å². The van der Waals surface area contributed by atoms with Crippen LogP contribution in [-0.4, -0.2) is 12.5 Å². The number of amides is 1. The van der Waals surface area contributed by atoms with Crippen LogP contribution in [0.25, 0.3) is 0 Å². The molecule has 1 aromatic rings. The lowest BCUT2D eigenvalue weighted by Gasteiger charge is -2.06. The molecule has 0 spiro atoms. The van der Waals surface area contributed by atoms with E-state index in [1.807, 2.05) is 6.92 Å². The number of nitrogens with one attached hydrogen (secondary N) is 1. The molecule has 1 amide bonds. The molecule has 5 heteroatoms. The van der Waals surface area contributed by atoms with E-state index in [0.29, 0.717) is 23.7 Å². The molecule has 0 unspecified atom stereocenters. The molecule has 0 aliphatic carbocycles. The first-order valence-electron chi connectivity index (χ1n) is 4.58. The minimum atomic E-state index is -0.485. The minimum absolute atomic E-state index is 0.403. The smallest absolute Gasteiger partial charge is 0.248 e. The number of carbonyl (C=O) groups is 1. The van der Waals surface area contributed by atoms with Gasteiger partial charge in [0, 0.05) is 17.1 Å². The largest absolute Gasteiger partial charge is 0.366 e. The van der Waals surface area contributed by atoms with Crippen molar-refractivity contribution in [2.24, 2.45) is 5.73 Å². The van der Waals surface area contributed by atoms with Gasteiger partial charge in [-0.2, -0.15) is 5.48 Å². The number of hydrogen-bond donors (Lipinski definition) is 2. The van der Waals surface area contributed by atoms with E-state index in [2.05, 4.69) is 5.48 Å². The van der Waals surface area contributed by atoms with Gasteiger partial charge in [0.25, 0.3) is 0 Å². The van der Waals surface area contributed by atoms with Crippen molar-refractivity contribution in [3.8, 4) is 0 Å². The van der Waals surface area contributed by atoms with E-state index >= 15 is 0 Å². The van der Waals surface area contributed by atoms with Gasteiger partial charge in [-0.25, -0.2) is 0 Å². The predicted octanol–water partition coefficient (Wildman–Crippen LogP) is 1.48. The summed E-state index contributed by atoms with van der Waals surface area (Å²) in [6.45, 7) is 2.95. The average Bonchev–Trinajstić information content (AvgIpc) is 2.20. The predicted molar refractivity (Wildman–Crippen MR) is 58.4 cm³/mol. The fourth-order valence-corrected chi connectivity index (χ4v) is 1.32. The highest BCUT2D eigenvalue weighted by Gasteiger charge is 2.05. The molecule has 0 bridgehead atoms. The van der Waals surface area contributed by atoms with Gasteiger partial charge in [0.2, 0.25) is 5.91 Å². The molecule has 1 rings (SSSR count). The van der Waals surface area contributed by atoms with Crippen LogP contribution < -0.4 is 11.2 Å². The van der Waals surface area contributed by atoms with Crippen LogP contribution in [-0.2, 0) is 11.4 Å². The van der Waals surface area contributed by atoms with Crippen LogP contribution in [0.1, 0.15) is 22.8 Å². The number of hydrogen-bond acceptors (Lipinski definition) is 3. The van der Waals surface area contributed by atoms with Crippen molar-refractivity contribution >= 4 is 17.5 Å². The van der Waals surface area contributed by atoms with Gasteiger partial charge in [-0.1, -0.05) is 17.7 Å². The number of benzene rings is 1. The van der Waals surface area contributed by atoms with Crippen molar-refractivity contribution in [1.29, 1.82) is 0 Å². The zero-order chi connectivity index (χ0) is 11.3. The molecule has 15 heavy (non-hydrogen) atoms. The Labute approximate surface area is 93.3 Å². The molecule has 4 nitrogen and oxygen atoms in total. The molecule has 0 aliphatic heterocycles. The number of rotatable bonds is 5. The van der Waals surface area contributed by atoms with E-state index < -0.39 is 5.91 Å². The first-order chi connectivity index (χ1) is 7.15. The number of primary amides is 1. The molecule has 1 aromatic carbocycles. The number of hydroxylamine groups is 1. The molecule has 0 atom stereocenters. The molecule has 0 heterocycles. The summed E-state index contributed by atoms with van der Waals surface area (Å²) in [7, 11) is 0. The second-order valence-corrected chi connectivity index (χ2v) is 3.33. The van der Waals surface area contributed by atoms with Crippen molar-refractivity contribution in [2.75, 3.05) is 6.61 Å². The lowest BCUT2D eigenvalue weighted by atomic mass is 10.1. The minimum Gasteiger partial charge on any atom is -0.366 e. The van der Waals surface area contributed by atoms with Gasteiger partial charge in [-0.3, -0.25) is 4.79 Å². The summed E-state index contributed by atoms with van der Waals surface area (Å²) in [5.41, 5.74) is 9.12. The van der Waals surface area contributed by atoms with Crippen LogP contribution in [0.15, 0.2) is 18.2 Å². The molecule has 0 saturated carbocycles. The first-order valence-corrected chi connectivity index (χ1v) is 4.95. The zero-order valence-corrected chi connectivity index (χ0v) is 9.17. The highest BCUT2D eigenvalue weighted by Crippen LogP contribution is 2.17. The Hall–Kier alpha value is -1.10. The Morgan fingerprint density at radius 1 is 1.60 bits per heavy atom. The second kappa shape index (κ2) is 5.70. The van der Waals surface area contributed by atoms with Crippen molar-refractivity contribution in [2.45, 2.75) is 13.5 Å². The number of halogens is 1. The normalized spacial score (nSPS) is 10.3. The Morgan fingerprint density at radius 3 is 2.87 bits per heavy atom. The van der Waals surface area contributed by atoms with Crippen molar-refractivity contribution in [3.05, 3.63) is 34.3 Å². The molecular formula is C10H13ClN2O2. The van der Waals surface area contributed by atoms with E-state index in [1.165, 1.54) is 0 Å². The summed E-state index contributed by atoms with van der Waals surface area (Å²) < 4.78 is 0.